The van der Waals surface area contributed by atoms with Gasteiger partial charge in [-0.25, -0.2) is 0 Å². The van der Waals surface area contributed by atoms with Crippen LogP contribution in [0, 0.1) is 20.8 Å². The number of aryl methyl sites for hydroxylation is 3. The maximum Gasteiger partial charge on any atom is 0.305 e. The second kappa shape index (κ2) is 11.4. The van der Waals surface area contributed by atoms with E-state index in [1.54, 1.807) is 0 Å². The van der Waals surface area contributed by atoms with E-state index in [0.717, 1.165) is 11.1 Å². The molecule has 4 rings (SSSR count). The molecule has 184 valence electrons. The predicted octanol–water partition coefficient (Wildman–Crippen LogP) is 8.06. The lowest BCUT2D eigenvalue weighted by Crippen LogP contribution is -2.32. The molecule has 36 heavy (non-hydrogen) atoms. The summed E-state index contributed by atoms with van der Waals surface area (Å²) in [5.74, 6) is -0.799. The molecule has 4 aromatic carbocycles. The summed E-state index contributed by atoms with van der Waals surface area (Å²) in [5.41, 5.74) is 9.41. The van der Waals surface area contributed by atoms with Crippen LogP contribution in [-0.4, -0.2) is 16.0 Å². The highest BCUT2D eigenvalue weighted by Gasteiger charge is 2.29. The van der Waals surface area contributed by atoms with Gasteiger partial charge in [0.2, 0.25) is 0 Å². The zero-order valence-corrected chi connectivity index (χ0v) is 21.6. The van der Waals surface area contributed by atoms with Gasteiger partial charge in [0.05, 0.1) is 6.42 Å². The smallest absolute Gasteiger partial charge is 0.305 e. The number of rotatable bonds is 9. The molecule has 0 saturated heterocycles. The second-order valence-corrected chi connectivity index (χ2v) is 9.70. The molecular weight excluding hydrogens is 442 g/mol. The quantitative estimate of drug-likeness (QED) is 0.265. The zero-order valence-electron chi connectivity index (χ0n) is 21.6. The Morgan fingerprint density at radius 2 is 1.36 bits per heavy atom. The molecule has 0 aromatic heterocycles. The highest BCUT2D eigenvalue weighted by molar-refractivity contribution is 5.74. The Morgan fingerprint density at radius 1 is 0.750 bits per heavy atom. The van der Waals surface area contributed by atoms with E-state index in [9.17, 15) is 9.90 Å². The van der Waals surface area contributed by atoms with Crippen LogP contribution in [0.15, 0.2) is 97.1 Å². The van der Waals surface area contributed by atoms with Gasteiger partial charge in [-0.2, -0.15) is 0 Å². The predicted molar refractivity (Wildman–Crippen MR) is 148 cm³/mol. The monoisotopic (exact) mass is 477 g/mol. The first-order valence-corrected chi connectivity index (χ1v) is 12.6. The van der Waals surface area contributed by atoms with Gasteiger partial charge in [-0.1, -0.05) is 91.0 Å². The number of benzene rings is 4. The fourth-order valence-corrected chi connectivity index (χ4v) is 5.18. The molecule has 0 amide bonds. The Labute approximate surface area is 215 Å². The van der Waals surface area contributed by atoms with Crippen molar-refractivity contribution in [2.75, 3.05) is 0 Å². The molecule has 0 aliphatic heterocycles. The average Bonchev–Trinajstić information content (AvgIpc) is 2.88. The Balaban J connectivity index is 1.85. The SMILES string of the molecule is Cc1ccc(C(CC(=O)O)N(Cc2ccccc2)[C@H](C)c2ccccc2)cc1-c1c(C)cccc1C. The van der Waals surface area contributed by atoms with Crippen LogP contribution < -0.4 is 0 Å². The van der Waals surface area contributed by atoms with E-state index in [0.29, 0.717) is 6.54 Å². The van der Waals surface area contributed by atoms with Crippen LogP contribution in [0.2, 0.25) is 0 Å². The first-order valence-electron chi connectivity index (χ1n) is 12.6. The van der Waals surface area contributed by atoms with Gasteiger partial charge in [0.25, 0.3) is 0 Å². The van der Waals surface area contributed by atoms with Crippen molar-refractivity contribution in [3.05, 3.63) is 130 Å². The van der Waals surface area contributed by atoms with Crippen LogP contribution in [0.1, 0.15) is 58.8 Å². The van der Waals surface area contributed by atoms with Crippen LogP contribution in [0.25, 0.3) is 11.1 Å². The molecule has 0 spiro atoms. The minimum atomic E-state index is -0.799. The number of carboxylic acid groups (broad SMARTS) is 1. The minimum Gasteiger partial charge on any atom is -0.481 e. The maximum atomic E-state index is 12.2. The number of hydrogen-bond donors (Lipinski definition) is 1. The standard InChI is InChI=1S/C33H35NO2/c1-23-18-19-29(20-30(23)33-24(2)12-11-13-25(33)3)31(21-32(35)36)34(22-27-14-7-5-8-15-27)26(4)28-16-9-6-10-17-28/h5-20,26,31H,21-22H2,1-4H3,(H,35,36)/t26-,31?/m1/s1. The van der Waals surface area contributed by atoms with Gasteiger partial charge in [-0.3, -0.25) is 9.69 Å². The zero-order chi connectivity index (χ0) is 25.7. The van der Waals surface area contributed by atoms with Crippen LogP contribution in [0.3, 0.4) is 0 Å². The molecule has 0 saturated carbocycles. The Morgan fingerprint density at radius 3 is 1.97 bits per heavy atom. The lowest BCUT2D eigenvalue weighted by Gasteiger charge is -2.37. The summed E-state index contributed by atoms with van der Waals surface area (Å²) in [6, 6.07) is 33.2. The van der Waals surface area contributed by atoms with E-state index < -0.39 is 5.97 Å². The first-order chi connectivity index (χ1) is 17.3. The Kier molecular flexibility index (Phi) is 8.02. The van der Waals surface area contributed by atoms with E-state index in [1.165, 1.54) is 33.4 Å². The highest BCUT2D eigenvalue weighted by Crippen LogP contribution is 2.38. The number of hydrogen-bond acceptors (Lipinski definition) is 2. The van der Waals surface area contributed by atoms with Crippen LogP contribution in [0.5, 0.6) is 0 Å². The molecule has 0 aliphatic rings. The lowest BCUT2D eigenvalue weighted by molar-refractivity contribution is -0.138. The Bertz CT molecular complexity index is 1290. The van der Waals surface area contributed by atoms with Gasteiger partial charge >= 0.3 is 5.97 Å². The molecule has 3 heteroatoms. The van der Waals surface area contributed by atoms with Crippen LogP contribution in [-0.2, 0) is 11.3 Å². The normalized spacial score (nSPS) is 12.9. The average molecular weight is 478 g/mol. The van der Waals surface area contributed by atoms with E-state index in [4.69, 9.17) is 0 Å². The van der Waals surface area contributed by atoms with Crippen molar-refractivity contribution >= 4 is 5.97 Å². The van der Waals surface area contributed by atoms with Crippen LogP contribution in [0.4, 0.5) is 0 Å². The molecular formula is C33H35NO2. The third-order valence-corrected chi connectivity index (χ3v) is 7.15. The summed E-state index contributed by atoms with van der Waals surface area (Å²) in [5, 5.41) is 10.0. The molecule has 2 atom stereocenters. The molecule has 0 radical (unpaired) electrons. The second-order valence-electron chi connectivity index (χ2n) is 9.70. The van der Waals surface area contributed by atoms with Crippen molar-refractivity contribution in [2.45, 2.75) is 52.7 Å². The van der Waals surface area contributed by atoms with Crippen molar-refractivity contribution in [3.8, 4) is 11.1 Å². The van der Waals surface area contributed by atoms with E-state index >= 15 is 0 Å². The van der Waals surface area contributed by atoms with Crippen molar-refractivity contribution in [1.82, 2.24) is 4.90 Å². The highest BCUT2D eigenvalue weighted by atomic mass is 16.4. The number of carboxylic acids is 1. The number of aliphatic carboxylic acids is 1. The van der Waals surface area contributed by atoms with E-state index in [2.05, 4.69) is 93.3 Å². The van der Waals surface area contributed by atoms with Gasteiger partial charge in [0, 0.05) is 18.6 Å². The molecule has 1 N–H and O–H groups in total. The largest absolute Gasteiger partial charge is 0.481 e. The third-order valence-electron chi connectivity index (χ3n) is 7.15. The fourth-order valence-electron chi connectivity index (χ4n) is 5.18. The van der Waals surface area contributed by atoms with Crippen molar-refractivity contribution in [3.63, 3.8) is 0 Å². The topological polar surface area (TPSA) is 40.5 Å². The van der Waals surface area contributed by atoms with Gasteiger partial charge in [0.15, 0.2) is 0 Å². The van der Waals surface area contributed by atoms with Gasteiger partial charge < -0.3 is 5.11 Å². The van der Waals surface area contributed by atoms with Crippen molar-refractivity contribution < 1.29 is 9.90 Å². The molecule has 0 bridgehead atoms. The molecule has 3 nitrogen and oxygen atoms in total. The Hall–Kier alpha value is -3.69. The first kappa shape index (κ1) is 25.4. The summed E-state index contributed by atoms with van der Waals surface area (Å²) in [6.07, 6.45) is 0.0270. The van der Waals surface area contributed by atoms with Gasteiger partial charge in [-0.05, 0) is 78.3 Å². The molecule has 4 aromatic rings. The van der Waals surface area contributed by atoms with Crippen LogP contribution >= 0.6 is 0 Å². The summed E-state index contributed by atoms with van der Waals surface area (Å²) >= 11 is 0. The van der Waals surface area contributed by atoms with E-state index in [1.807, 2.05) is 36.4 Å². The third kappa shape index (κ3) is 5.75. The number of nitrogens with zero attached hydrogens (tertiary/aromatic N) is 1. The maximum absolute atomic E-state index is 12.2. The van der Waals surface area contributed by atoms with Gasteiger partial charge in [-0.15, -0.1) is 0 Å². The summed E-state index contributed by atoms with van der Waals surface area (Å²) in [4.78, 5) is 14.5. The molecule has 0 fully saturated rings. The summed E-state index contributed by atoms with van der Waals surface area (Å²) < 4.78 is 0. The summed E-state index contributed by atoms with van der Waals surface area (Å²) in [6.45, 7) is 9.24. The lowest BCUT2D eigenvalue weighted by atomic mass is 9.88. The molecule has 0 heterocycles. The molecule has 1 unspecified atom stereocenters. The van der Waals surface area contributed by atoms with Crippen molar-refractivity contribution in [2.24, 2.45) is 0 Å². The fraction of sp³-hybridized carbons (Fsp3) is 0.242. The minimum absolute atomic E-state index is 0.0270. The number of carbonyl (C=O) groups is 1. The summed E-state index contributed by atoms with van der Waals surface area (Å²) in [7, 11) is 0. The van der Waals surface area contributed by atoms with Crippen molar-refractivity contribution in [1.29, 1.82) is 0 Å². The molecule has 0 aliphatic carbocycles. The van der Waals surface area contributed by atoms with Gasteiger partial charge in [0.1, 0.15) is 0 Å². The van der Waals surface area contributed by atoms with E-state index in [-0.39, 0.29) is 18.5 Å².